The van der Waals surface area contributed by atoms with Crippen LogP contribution in [0, 0.1) is 23.7 Å². The minimum Gasteiger partial charge on any atom is -0.308 e. The number of ketones is 1. The van der Waals surface area contributed by atoms with Gasteiger partial charge in [-0.25, -0.2) is 0 Å². The van der Waals surface area contributed by atoms with Crippen molar-refractivity contribution in [3.8, 4) is 0 Å². The van der Waals surface area contributed by atoms with Crippen LogP contribution in [0.25, 0.3) is 0 Å². The Bertz CT molecular complexity index is 507. The van der Waals surface area contributed by atoms with E-state index in [1.54, 1.807) is 0 Å². The van der Waals surface area contributed by atoms with Crippen molar-refractivity contribution in [3.05, 3.63) is 22.3 Å². The first-order chi connectivity index (χ1) is 9.68. The first-order valence-corrected chi connectivity index (χ1v) is 9.26. The number of carbonyl (C=O) groups is 1. The lowest BCUT2D eigenvalue weighted by Gasteiger charge is -2.35. The van der Waals surface area contributed by atoms with Crippen molar-refractivity contribution in [3.63, 3.8) is 0 Å². The van der Waals surface area contributed by atoms with Crippen molar-refractivity contribution in [1.29, 1.82) is 0 Å². The zero-order chi connectivity index (χ0) is 13.9. The summed E-state index contributed by atoms with van der Waals surface area (Å²) in [4.78, 5) is 12.6. The Kier molecular flexibility index (Phi) is 3.38. The van der Waals surface area contributed by atoms with E-state index in [0.717, 1.165) is 4.48 Å². The van der Waals surface area contributed by atoms with E-state index < -0.39 is 0 Å². The fraction of sp³-hybridized carbons (Fsp3) is 0.688. The molecule has 0 aliphatic heterocycles. The summed E-state index contributed by atoms with van der Waals surface area (Å²) >= 11 is 7.42. The predicted molar refractivity (Wildman–Crippen MR) is 86.3 cm³/mol. The van der Waals surface area contributed by atoms with Crippen LogP contribution in [-0.2, 0) is 4.79 Å². The second kappa shape index (κ2) is 4.98. The molecule has 0 unspecified atom stereocenters. The van der Waals surface area contributed by atoms with Gasteiger partial charge in [0.2, 0.25) is 0 Å². The number of fused-ring (bicyclic) bond motifs is 5. The standard InChI is InChI=1S/C16H19Br2NO/c17-14-15(19(18)11-4-2-1-3-5-11)12-9-6-7-10(8-9)13(12)16(14)20/h6-7,9-13H,1-5,8H2/t9-,10+,12-,13+/m0/s1. The summed E-state index contributed by atoms with van der Waals surface area (Å²) in [6, 6.07) is 0.556. The lowest BCUT2D eigenvalue weighted by atomic mass is 9.83. The number of allylic oxidation sites excluding steroid dienone is 4. The summed E-state index contributed by atoms with van der Waals surface area (Å²) in [5, 5.41) is 0. The number of hydrogen-bond acceptors (Lipinski definition) is 2. The lowest BCUT2D eigenvalue weighted by molar-refractivity contribution is -0.119. The molecule has 2 nitrogen and oxygen atoms in total. The average molecular weight is 401 g/mol. The van der Waals surface area contributed by atoms with Crippen LogP contribution >= 0.6 is 32.1 Å². The molecular formula is C16H19Br2NO. The van der Waals surface area contributed by atoms with E-state index in [4.69, 9.17) is 0 Å². The minimum atomic E-state index is 0.206. The Hall–Kier alpha value is -0.0900. The third-order valence-electron chi connectivity index (χ3n) is 5.64. The van der Waals surface area contributed by atoms with E-state index in [-0.39, 0.29) is 5.92 Å². The molecule has 0 aromatic carbocycles. The summed E-state index contributed by atoms with van der Waals surface area (Å²) < 4.78 is 3.11. The topological polar surface area (TPSA) is 20.3 Å². The smallest absolute Gasteiger partial charge is 0.175 e. The van der Waals surface area contributed by atoms with Crippen LogP contribution in [0.3, 0.4) is 0 Å². The molecule has 0 aromatic heterocycles. The van der Waals surface area contributed by atoms with Gasteiger partial charge >= 0.3 is 0 Å². The largest absolute Gasteiger partial charge is 0.308 e. The maximum absolute atomic E-state index is 12.6. The Morgan fingerprint density at radius 3 is 2.40 bits per heavy atom. The summed E-state index contributed by atoms with van der Waals surface area (Å²) in [6.45, 7) is 0. The molecule has 2 saturated carbocycles. The van der Waals surface area contributed by atoms with Gasteiger partial charge in [-0.1, -0.05) is 31.4 Å². The Balaban J connectivity index is 1.65. The van der Waals surface area contributed by atoms with E-state index in [1.807, 2.05) is 0 Å². The second-order valence-electron chi connectivity index (χ2n) is 6.67. The van der Waals surface area contributed by atoms with Crippen LogP contribution in [-0.4, -0.2) is 15.8 Å². The van der Waals surface area contributed by atoms with Crippen LogP contribution in [0.2, 0.25) is 0 Å². The van der Waals surface area contributed by atoms with Gasteiger partial charge in [-0.15, -0.1) is 0 Å². The number of Topliss-reactive ketones (excluding diaryl/α,β-unsaturated/α-hetero) is 1. The molecule has 0 aromatic rings. The quantitative estimate of drug-likeness (QED) is 0.500. The van der Waals surface area contributed by atoms with Gasteiger partial charge in [-0.3, -0.25) is 4.79 Å². The van der Waals surface area contributed by atoms with E-state index in [9.17, 15) is 4.79 Å². The maximum atomic E-state index is 12.6. The van der Waals surface area contributed by atoms with Crippen molar-refractivity contribution in [2.24, 2.45) is 23.7 Å². The molecule has 0 N–H and O–H groups in total. The van der Waals surface area contributed by atoms with Crippen molar-refractivity contribution < 1.29 is 4.79 Å². The highest BCUT2D eigenvalue weighted by atomic mass is 79.9. The number of nitrogens with zero attached hydrogens (tertiary/aromatic N) is 1. The third kappa shape index (κ3) is 1.83. The number of rotatable bonds is 2. The van der Waals surface area contributed by atoms with Crippen LogP contribution in [0.5, 0.6) is 0 Å². The number of halogens is 2. The molecule has 108 valence electrons. The zero-order valence-corrected chi connectivity index (χ0v) is 14.6. The highest BCUT2D eigenvalue weighted by molar-refractivity contribution is 9.12. The van der Waals surface area contributed by atoms with Crippen molar-refractivity contribution >= 4 is 37.9 Å². The molecule has 2 fully saturated rings. The van der Waals surface area contributed by atoms with Gasteiger partial charge in [0.05, 0.1) is 4.48 Å². The second-order valence-corrected chi connectivity index (χ2v) is 8.22. The molecule has 20 heavy (non-hydrogen) atoms. The van der Waals surface area contributed by atoms with Crippen molar-refractivity contribution in [2.75, 3.05) is 0 Å². The van der Waals surface area contributed by atoms with Gasteiger partial charge in [-0.05, 0) is 47.0 Å². The van der Waals surface area contributed by atoms with Gasteiger partial charge in [0.1, 0.15) is 0 Å². The summed E-state index contributed by atoms with van der Waals surface area (Å²) in [7, 11) is 0. The van der Waals surface area contributed by atoms with Crippen LogP contribution in [0.15, 0.2) is 22.3 Å². The molecule has 2 bridgehead atoms. The third-order valence-corrected chi connectivity index (χ3v) is 7.40. The summed E-state index contributed by atoms with van der Waals surface area (Å²) in [5.41, 5.74) is 1.24. The molecule has 4 heteroatoms. The van der Waals surface area contributed by atoms with Crippen molar-refractivity contribution in [2.45, 2.75) is 44.6 Å². The normalized spacial score (nSPS) is 39.8. The van der Waals surface area contributed by atoms with Gasteiger partial charge < -0.3 is 3.93 Å². The first kappa shape index (κ1) is 13.6. The molecule has 4 aliphatic carbocycles. The van der Waals surface area contributed by atoms with Gasteiger partial charge in [-0.2, -0.15) is 0 Å². The average Bonchev–Trinajstić information content (AvgIpc) is 3.14. The molecule has 4 atom stereocenters. The van der Waals surface area contributed by atoms with Gasteiger partial charge in [0.15, 0.2) is 5.78 Å². The molecule has 0 heterocycles. The Labute approximate surface area is 137 Å². The molecular weight excluding hydrogens is 382 g/mol. The first-order valence-electron chi connectivity index (χ1n) is 7.75. The molecule has 0 spiro atoms. The predicted octanol–water partition coefficient (Wildman–Crippen LogP) is 4.56. The Morgan fingerprint density at radius 1 is 1.05 bits per heavy atom. The number of hydrogen-bond donors (Lipinski definition) is 0. The van der Waals surface area contributed by atoms with E-state index in [0.29, 0.717) is 29.6 Å². The molecule has 4 rings (SSSR count). The van der Waals surface area contributed by atoms with E-state index in [2.05, 4.69) is 48.2 Å². The van der Waals surface area contributed by atoms with Crippen LogP contribution in [0.4, 0.5) is 0 Å². The molecule has 4 aliphatic rings. The highest BCUT2D eigenvalue weighted by Crippen LogP contribution is 2.58. The van der Waals surface area contributed by atoms with Crippen LogP contribution in [0.1, 0.15) is 38.5 Å². The maximum Gasteiger partial charge on any atom is 0.175 e. The highest BCUT2D eigenvalue weighted by Gasteiger charge is 2.56. The van der Waals surface area contributed by atoms with E-state index >= 15 is 0 Å². The van der Waals surface area contributed by atoms with Crippen LogP contribution < -0.4 is 0 Å². The summed E-state index contributed by atoms with van der Waals surface area (Å²) in [6.07, 6.45) is 12.2. The van der Waals surface area contributed by atoms with Gasteiger partial charge in [0, 0.05) is 39.7 Å². The van der Waals surface area contributed by atoms with Gasteiger partial charge in [0.25, 0.3) is 0 Å². The zero-order valence-electron chi connectivity index (χ0n) is 11.4. The Morgan fingerprint density at radius 2 is 1.70 bits per heavy atom. The molecule has 0 saturated heterocycles. The fourth-order valence-corrected chi connectivity index (χ4v) is 6.49. The molecule has 0 radical (unpaired) electrons. The fourth-order valence-electron chi connectivity index (χ4n) is 4.71. The molecule has 0 amide bonds. The lowest BCUT2D eigenvalue weighted by Crippen LogP contribution is -2.32. The minimum absolute atomic E-state index is 0.206. The monoisotopic (exact) mass is 399 g/mol. The number of carbonyl (C=O) groups excluding carboxylic acids is 1. The van der Waals surface area contributed by atoms with Crippen molar-refractivity contribution in [1.82, 2.24) is 3.93 Å². The SMILES string of the molecule is O=C1C(Br)=C(N(Br)C2CCCCC2)[C@@H]2[C@H]1[C@@H]1C=C[C@H]2C1. The van der Waals surface area contributed by atoms with E-state index in [1.165, 1.54) is 44.2 Å². The summed E-state index contributed by atoms with van der Waals surface area (Å²) in [5.74, 6) is 2.01.